The van der Waals surface area contributed by atoms with E-state index in [2.05, 4.69) is 19.9 Å². The van der Waals surface area contributed by atoms with Crippen molar-refractivity contribution in [1.82, 2.24) is 15.0 Å². The summed E-state index contributed by atoms with van der Waals surface area (Å²) in [5.41, 5.74) is 5.93. The number of nitrogens with zero attached hydrogens (tertiary/aromatic N) is 3. The summed E-state index contributed by atoms with van der Waals surface area (Å²) in [6.07, 6.45) is 0. The van der Waals surface area contributed by atoms with Crippen LogP contribution in [-0.2, 0) is 21.0 Å². The minimum absolute atomic E-state index is 0.0885. The topological polar surface area (TPSA) is 167 Å². The van der Waals surface area contributed by atoms with Crippen LogP contribution in [-0.4, -0.2) is 41.1 Å². The van der Waals surface area contributed by atoms with Crippen LogP contribution in [0.15, 0.2) is 32.8 Å². The van der Waals surface area contributed by atoms with Gasteiger partial charge in [-0.1, -0.05) is 11.6 Å². The fourth-order valence-electron chi connectivity index (χ4n) is 1.61. The fraction of sp³-hybridized carbons (Fsp3) is 0.182. The molecule has 0 amide bonds. The van der Waals surface area contributed by atoms with Gasteiger partial charge in [0.15, 0.2) is 11.5 Å². The third-order valence-electron chi connectivity index (χ3n) is 2.66. The monoisotopic (exact) mass is 410 g/mol. The number of benzene rings is 1. The highest BCUT2D eigenvalue weighted by atomic mass is 35.5. The predicted molar refractivity (Wildman–Crippen MR) is 88.5 cm³/mol. The lowest BCUT2D eigenvalue weighted by atomic mass is 10.3. The zero-order valence-corrected chi connectivity index (χ0v) is 14.7. The van der Waals surface area contributed by atoms with Crippen molar-refractivity contribution < 1.29 is 21.6 Å². The van der Waals surface area contributed by atoms with Gasteiger partial charge in [0.2, 0.25) is 5.03 Å². The molecule has 1 atom stereocenters. The van der Waals surface area contributed by atoms with Gasteiger partial charge in [-0.3, -0.25) is 4.21 Å². The third-order valence-corrected chi connectivity index (χ3v) is 4.83. The number of hydrogen-bond donors (Lipinski definition) is 3. The lowest BCUT2D eigenvalue weighted by molar-refractivity contribution is 0.297. The van der Waals surface area contributed by atoms with Gasteiger partial charge in [-0.15, -0.1) is 0 Å². The van der Waals surface area contributed by atoms with Crippen LogP contribution in [0.2, 0.25) is 5.02 Å². The molecule has 136 valence electrons. The van der Waals surface area contributed by atoms with Crippen LogP contribution in [0.3, 0.4) is 0 Å². The molecular weight excluding hydrogens is 399 g/mol. The highest BCUT2D eigenvalue weighted by Crippen LogP contribution is 2.22. The summed E-state index contributed by atoms with van der Waals surface area (Å²) in [4.78, 5) is 3.98. The first-order valence-electron chi connectivity index (χ1n) is 6.45. The van der Waals surface area contributed by atoms with Crippen molar-refractivity contribution in [1.29, 1.82) is 0 Å². The summed E-state index contributed by atoms with van der Waals surface area (Å²) in [6.45, 7) is -0.192. The van der Waals surface area contributed by atoms with Crippen LogP contribution in [0.4, 0.5) is 10.1 Å². The number of nitrogens with one attached hydrogen (secondary N) is 1. The van der Waals surface area contributed by atoms with Gasteiger partial charge in [0, 0.05) is 12.3 Å². The first kappa shape index (κ1) is 19.4. The Kier molecular flexibility index (Phi) is 6.18. The van der Waals surface area contributed by atoms with Crippen molar-refractivity contribution in [2.24, 2.45) is 15.9 Å². The van der Waals surface area contributed by atoms with Crippen molar-refractivity contribution >= 4 is 44.1 Å². The zero-order valence-electron chi connectivity index (χ0n) is 12.3. The van der Waals surface area contributed by atoms with Crippen LogP contribution in [0.25, 0.3) is 0 Å². The van der Waals surface area contributed by atoms with E-state index in [1.165, 1.54) is 12.1 Å². The van der Waals surface area contributed by atoms with Crippen molar-refractivity contribution in [3.05, 3.63) is 34.7 Å². The van der Waals surface area contributed by atoms with Crippen LogP contribution >= 0.6 is 11.6 Å². The van der Waals surface area contributed by atoms with E-state index in [-0.39, 0.29) is 39.6 Å². The third kappa shape index (κ3) is 5.54. The van der Waals surface area contributed by atoms with Gasteiger partial charge < -0.3 is 5.73 Å². The highest BCUT2D eigenvalue weighted by Gasteiger charge is 2.20. The molecule has 0 aliphatic rings. The van der Waals surface area contributed by atoms with Gasteiger partial charge in [-0.2, -0.15) is 8.42 Å². The Morgan fingerprint density at radius 2 is 2.16 bits per heavy atom. The smallest absolute Gasteiger partial charge is 0.274 e. The number of aliphatic imine (C=N–C) groups is 1. The average molecular weight is 411 g/mol. The Morgan fingerprint density at radius 3 is 2.80 bits per heavy atom. The van der Waals surface area contributed by atoms with Gasteiger partial charge in [-0.25, -0.2) is 23.9 Å². The Labute approximate surface area is 149 Å². The van der Waals surface area contributed by atoms with Gasteiger partial charge in [0.25, 0.3) is 10.2 Å². The predicted octanol–water partition coefficient (Wildman–Crippen LogP) is -0.200. The molecule has 0 saturated heterocycles. The largest absolute Gasteiger partial charge is 0.382 e. The molecule has 10 nitrogen and oxygen atoms in total. The lowest BCUT2D eigenvalue weighted by Gasteiger charge is -2.02. The number of halogens is 2. The van der Waals surface area contributed by atoms with E-state index < -0.39 is 26.8 Å². The van der Waals surface area contributed by atoms with Crippen molar-refractivity contribution in [2.45, 2.75) is 5.03 Å². The number of amidine groups is 1. The van der Waals surface area contributed by atoms with Crippen molar-refractivity contribution in [2.75, 3.05) is 12.3 Å². The quantitative estimate of drug-likeness (QED) is 0.419. The molecule has 0 radical (unpaired) electrons. The normalized spacial score (nSPS) is 13.8. The Hall–Kier alpha value is -1.93. The van der Waals surface area contributed by atoms with Gasteiger partial charge >= 0.3 is 0 Å². The molecule has 14 heteroatoms. The van der Waals surface area contributed by atoms with Gasteiger partial charge in [0.1, 0.15) is 5.82 Å². The molecule has 2 aromatic rings. The molecule has 1 unspecified atom stereocenters. The highest BCUT2D eigenvalue weighted by molar-refractivity contribution is 7.87. The second-order valence-corrected chi connectivity index (χ2v) is 7.77. The second kappa shape index (κ2) is 7.97. The summed E-state index contributed by atoms with van der Waals surface area (Å²) >= 11 is 5.65. The number of nitrogens with two attached hydrogens (primary N) is 2. The zero-order chi connectivity index (χ0) is 18.6. The first-order chi connectivity index (χ1) is 11.7. The maximum Gasteiger partial charge on any atom is 0.274 e. The standard InChI is InChI=1S/C11H12ClFN6O4S2/c12-7-5-6(1-2-8(7)13)17-10(14)9-11(19-23-18-9)24(20)4-3-16-25(15,21)22/h1-2,5,16H,3-4H2,(H2,14,17)(H2,15,21,22). The molecule has 1 heterocycles. The van der Waals surface area contributed by atoms with Crippen molar-refractivity contribution in [3.63, 3.8) is 0 Å². The van der Waals surface area contributed by atoms with Gasteiger partial charge in [-0.05, 0) is 28.5 Å². The summed E-state index contributed by atoms with van der Waals surface area (Å²) < 4.78 is 53.3. The second-order valence-electron chi connectivity index (χ2n) is 4.50. The molecule has 25 heavy (non-hydrogen) atoms. The summed E-state index contributed by atoms with van der Waals surface area (Å²) in [7, 11) is -5.68. The molecule has 0 bridgehead atoms. The maximum absolute atomic E-state index is 13.1. The molecule has 0 spiro atoms. The van der Waals surface area contributed by atoms with E-state index in [9.17, 15) is 17.0 Å². The maximum atomic E-state index is 13.1. The van der Waals surface area contributed by atoms with E-state index in [0.29, 0.717) is 0 Å². The fourth-order valence-corrected chi connectivity index (χ4v) is 3.25. The van der Waals surface area contributed by atoms with Crippen LogP contribution in [0, 0.1) is 5.82 Å². The molecular formula is C11H12ClFN6O4S2. The first-order valence-corrected chi connectivity index (χ1v) is 9.69. The van der Waals surface area contributed by atoms with Crippen LogP contribution in [0.1, 0.15) is 5.69 Å². The van der Waals surface area contributed by atoms with E-state index in [0.717, 1.165) is 6.07 Å². The SMILES string of the molecule is NC(=Nc1ccc(F)c(Cl)c1)c1nonc1S(=O)CCNS(N)(=O)=O. The Morgan fingerprint density at radius 1 is 1.44 bits per heavy atom. The molecule has 2 rings (SSSR count). The van der Waals surface area contributed by atoms with Crippen LogP contribution < -0.4 is 15.6 Å². The minimum atomic E-state index is -3.90. The molecule has 1 aromatic carbocycles. The molecule has 5 N–H and O–H groups in total. The summed E-state index contributed by atoms with van der Waals surface area (Å²) in [5, 5.41) is 11.5. The summed E-state index contributed by atoms with van der Waals surface area (Å²) in [5.74, 6) is -0.953. The van der Waals surface area contributed by atoms with E-state index in [4.69, 9.17) is 22.5 Å². The minimum Gasteiger partial charge on any atom is -0.382 e. The average Bonchev–Trinajstić information content (AvgIpc) is 2.99. The molecule has 1 aromatic heterocycles. The van der Waals surface area contributed by atoms with Crippen molar-refractivity contribution in [3.8, 4) is 0 Å². The molecule has 0 fully saturated rings. The lowest BCUT2D eigenvalue weighted by Crippen LogP contribution is -2.33. The Balaban J connectivity index is 2.17. The van der Waals surface area contributed by atoms with Gasteiger partial charge in [0.05, 0.1) is 21.5 Å². The number of rotatable bonds is 7. The number of aromatic nitrogens is 2. The summed E-state index contributed by atoms with van der Waals surface area (Å²) in [6, 6.07) is 3.67. The van der Waals surface area contributed by atoms with E-state index >= 15 is 0 Å². The molecule has 0 saturated carbocycles. The van der Waals surface area contributed by atoms with E-state index in [1.807, 2.05) is 4.72 Å². The molecule has 0 aliphatic heterocycles. The number of hydrogen-bond acceptors (Lipinski definition) is 7. The van der Waals surface area contributed by atoms with Crippen LogP contribution in [0.5, 0.6) is 0 Å². The van der Waals surface area contributed by atoms with E-state index in [1.54, 1.807) is 0 Å². The Bertz CT molecular complexity index is 932. The molecule has 0 aliphatic carbocycles.